The van der Waals surface area contributed by atoms with Gasteiger partial charge in [-0.2, -0.15) is 0 Å². The van der Waals surface area contributed by atoms with Gasteiger partial charge in [0.2, 0.25) is 0 Å². The molecule has 1 fully saturated rings. The highest BCUT2D eigenvalue weighted by Gasteiger charge is 2.28. The van der Waals surface area contributed by atoms with Gasteiger partial charge in [-0.1, -0.05) is 41.9 Å². The fraction of sp³-hybridized carbons (Fsp3) is 0.238. The molecule has 0 saturated carbocycles. The molecule has 26 heavy (non-hydrogen) atoms. The van der Waals surface area contributed by atoms with E-state index in [2.05, 4.69) is 17.1 Å². The maximum Gasteiger partial charge on any atom is 0.258 e. The average molecular weight is 369 g/mol. The van der Waals surface area contributed by atoms with Crippen molar-refractivity contribution < 1.29 is 9.18 Å². The monoisotopic (exact) mass is 368 g/mol. The van der Waals surface area contributed by atoms with Crippen molar-refractivity contribution in [3.8, 4) is 0 Å². The predicted molar refractivity (Wildman–Crippen MR) is 101 cm³/mol. The average Bonchev–Trinajstić information content (AvgIpc) is 2.67. The van der Waals surface area contributed by atoms with E-state index in [1.165, 1.54) is 12.1 Å². The van der Waals surface area contributed by atoms with Crippen molar-refractivity contribution in [3.63, 3.8) is 0 Å². The molecule has 1 saturated heterocycles. The molecule has 2 aromatic carbocycles. The molecule has 3 aromatic rings. The van der Waals surface area contributed by atoms with E-state index in [0.717, 1.165) is 29.3 Å². The second kappa shape index (κ2) is 7.04. The zero-order valence-electron chi connectivity index (χ0n) is 14.2. The molecular weight excluding hydrogens is 351 g/mol. The molecule has 1 unspecified atom stereocenters. The zero-order chi connectivity index (χ0) is 18.1. The number of rotatable bonds is 2. The summed E-state index contributed by atoms with van der Waals surface area (Å²) in [5.74, 6) is -0.783. The Hall–Kier alpha value is -2.46. The summed E-state index contributed by atoms with van der Waals surface area (Å²) in [5.41, 5.74) is 0.933. The highest BCUT2D eigenvalue weighted by atomic mass is 35.5. The van der Waals surface area contributed by atoms with Crippen LogP contribution in [0.5, 0.6) is 0 Å². The Kier molecular flexibility index (Phi) is 4.60. The van der Waals surface area contributed by atoms with Gasteiger partial charge in [0.05, 0.1) is 10.6 Å². The van der Waals surface area contributed by atoms with Crippen molar-refractivity contribution in [1.29, 1.82) is 0 Å². The summed E-state index contributed by atoms with van der Waals surface area (Å²) in [4.78, 5) is 19.1. The van der Waals surface area contributed by atoms with Crippen LogP contribution in [0.2, 0.25) is 5.02 Å². The molecule has 3 nitrogen and oxygen atoms in total. The fourth-order valence-corrected chi connectivity index (χ4v) is 3.83. The standard InChI is InChI=1S/C21H18ClFN2O/c22-17-8-3-9-18(23)20(17)21(26)25-10-4-7-16(13-25)19-11-14-5-1-2-6-15(14)12-24-19/h1-3,5-6,8-9,11-12,16H,4,7,10,13H2. The van der Waals surface area contributed by atoms with Crippen LogP contribution in [0, 0.1) is 5.82 Å². The molecule has 1 aliphatic heterocycles. The molecular formula is C21H18ClFN2O. The lowest BCUT2D eigenvalue weighted by Gasteiger charge is -2.33. The Morgan fingerprint density at radius 3 is 2.77 bits per heavy atom. The van der Waals surface area contributed by atoms with Crippen LogP contribution < -0.4 is 0 Å². The molecule has 0 spiro atoms. The lowest BCUT2D eigenvalue weighted by molar-refractivity contribution is 0.0701. The van der Waals surface area contributed by atoms with Gasteiger partial charge in [-0.3, -0.25) is 9.78 Å². The highest BCUT2D eigenvalue weighted by molar-refractivity contribution is 6.33. The molecule has 5 heteroatoms. The maximum atomic E-state index is 14.1. The Bertz CT molecular complexity index is 955. The Balaban J connectivity index is 1.59. The van der Waals surface area contributed by atoms with Crippen LogP contribution in [0.3, 0.4) is 0 Å². The first-order chi connectivity index (χ1) is 12.6. The summed E-state index contributed by atoms with van der Waals surface area (Å²) in [5, 5.41) is 2.39. The third-order valence-electron chi connectivity index (χ3n) is 4.96. The minimum absolute atomic E-state index is 0.0405. The Labute approximate surface area is 156 Å². The molecule has 0 N–H and O–H groups in total. The number of benzene rings is 2. The molecule has 0 radical (unpaired) electrons. The third kappa shape index (κ3) is 3.17. The van der Waals surface area contributed by atoms with Gasteiger partial charge in [0, 0.05) is 36.3 Å². The summed E-state index contributed by atoms with van der Waals surface area (Å²) >= 11 is 6.06. The van der Waals surface area contributed by atoms with Gasteiger partial charge in [0.25, 0.3) is 5.91 Å². The third-order valence-corrected chi connectivity index (χ3v) is 5.27. The number of halogens is 2. The lowest BCUT2D eigenvalue weighted by atomic mass is 9.93. The van der Waals surface area contributed by atoms with E-state index >= 15 is 0 Å². The number of carbonyl (C=O) groups is 1. The van der Waals surface area contributed by atoms with E-state index in [9.17, 15) is 9.18 Å². The van der Waals surface area contributed by atoms with Gasteiger partial charge in [-0.25, -0.2) is 4.39 Å². The number of hydrogen-bond acceptors (Lipinski definition) is 2. The SMILES string of the molecule is O=C(c1c(F)cccc1Cl)N1CCCC(c2cc3ccccc3cn2)C1. The number of piperidine rings is 1. The quantitative estimate of drug-likeness (QED) is 0.634. The number of hydrogen-bond donors (Lipinski definition) is 0. The van der Waals surface area contributed by atoms with Gasteiger partial charge in [-0.05, 0) is 36.4 Å². The first-order valence-electron chi connectivity index (χ1n) is 8.71. The first kappa shape index (κ1) is 17.0. The van der Waals surface area contributed by atoms with E-state index in [1.54, 1.807) is 11.0 Å². The summed E-state index contributed by atoms with van der Waals surface area (Å²) in [6.45, 7) is 1.13. The van der Waals surface area contributed by atoms with Crippen LogP contribution in [0.25, 0.3) is 10.8 Å². The number of aromatic nitrogens is 1. The minimum atomic E-state index is -0.576. The van der Waals surface area contributed by atoms with Crippen molar-refractivity contribution in [2.24, 2.45) is 0 Å². The van der Waals surface area contributed by atoms with Gasteiger partial charge in [0.1, 0.15) is 5.82 Å². The number of fused-ring (bicyclic) bond motifs is 1. The number of nitrogens with zero attached hydrogens (tertiary/aromatic N) is 2. The second-order valence-corrected chi connectivity index (χ2v) is 7.05. The molecule has 0 aliphatic carbocycles. The van der Waals surface area contributed by atoms with Crippen molar-refractivity contribution >= 4 is 28.3 Å². The van der Waals surface area contributed by atoms with E-state index in [4.69, 9.17) is 11.6 Å². The topological polar surface area (TPSA) is 33.2 Å². The van der Waals surface area contributed by atoms with Crippen molar-refractivity contribution in [2.45, 2.75) is 18.8 Å². The highest BCUT2D eigenvalue weighted by Crippen LogP contribution is 2.30. The predicted octanol–water partition coefficient (Wildman–Crippen LogP) is 5.05. The summed E-state index contributed by atoms with van der Waals surface area (Å²) in [6, 6.07) is 14.5. The molecule has 1 atom stereocenters. The van der Waals surface area contributed by atoms with Crippen LogP contribution in [0.4, 0.5) is 4.39 Å². The molecule has 0 bridgehead atoms. The largest absolute Gasteiger partial charge is 0.338 e. The van der Waals surface area contributed by atoms with E-state index in [0.29, 0.717) is 13.1 Å². The smallest absolute Gasteiger partial charge is 0.258 e. The van der Waals surface area contributed by atoms with Crippen LogP contribution >= 0.6 is 11.6 Å². The first-order valence-corrected chi connectivity index (χ1v) is 9.09. The molecule has 132 valence electrons. The van der Waals surface area contributed by atoms with Crippen molar-refractivity contribution in [2.75, 3.05) is 13.1 Å². The van der Waals surface area contributed by atoms with E-state index in [-0.39, 0.29) is 22.4 Å². The van der Waals surface area contributed by atoms with Gasteiger partial charge in [-0.15, -0.1) is 0 Å². The summed E-state index contributed by atoms with van der Waals surface area (Å²) < 4.78 is 14.1. The molecule has 1 aliphatic rings. The zero-order valence-corrected chi connectivity index (χ0v) is 14.9. The van der Waals surface area contributed by atoms with E-state index < -0.39 is 5.82 Å². The Morgan fingerprint density at radius 2 is 1.96 bits per heavy atom. The van der Waals surface area contributed by atoms with Crippen molar-refractivity contribution in [1.82, 2.24) is 9.88 Å². The van der Waals surface area contributed by atoms with Gasteiger partial charge < -0.3 is 4.90 Å². The number of pyridine rings is 1. The summed E-state index contributed by atoms with van der Waals surface area (Å²) in [6.07, 6.45) is 3.69. The van der Waals surface area contributed by atoms with Gasteiger partial charge in [0.15, 0.2) is 0 Å². The van der Waals surface area contributed by atoms with E-state index in [1.807, 2.05) is 24.4 Å². The maximum absolute atomic E-state index is 14.1. The minimum Gasteiger partial charge on any atom is -0.338 e. The Morgan fingerprint density at radius 1 is 1.15 bits per heavy atom. The molecule has 4 rings (SSSR count). The summed E-state index contributed by atoms with van der Waals surface area (Å²) in [7, 11) is 0. The number of amides is 1. The normalized spacial score (nSPS) is 17.5. The van der Waals surface area contributed by atoms with Crippen molar-refractivity contribution in [3.05, 3.63) is 76.8 Å². The van der Waals surface area contributed by atoms with Crippen LogP contribution in [0.1, 0.15) is 34.8 Å². The molecule has 1 amide bonds. The van der Waals surface area contributed by atoms with Crippen LogP contribution in [0.15, 0.2) is 54.7 Å². The lowest BCUT2D eigenvalue weighted by Crippen LogP contribution is -2.39. The number of carbonyl (C=O) groups excluding carboxylic acids is 1. The molecule has 2 heterocycles. The molecule has 1 aromatic heterocycles. The van der Waals surface area contributed by atoms with Crippen LogP contribution in [-0.4, -0.2) is 28.9 Å². The number of likely N-dealkylation sites (tertiary alicyclic amines) is 1. The second-order valence-electron chi connectivity index (χ2n) is 6.64. The van der Waals surface area contributed by atoms with Gasteiger partial charge >= 0.3 is 0 Å². The van der Waals surface area contributed by atoms with Crippen LogP contribution in [-0.2, 0) is 0 Å². The fourth-order valence-electron chi connectivity index (χ4n) is 3.59.